The summed E-state index contributed by atoms with van der Waals surface area (Å²) in [6, 6.07) is 11.9. The van der Waals surface area contributed by atoms with Gasteiger partial charge >= 0.3 is 0 Å². The molecular weight excluding hydrogens is 305 g/mol. The molecular formula is C20H22FNO2. The summed E-state index contributed by atoms with van der Waals surface area (Å²) in [5, 5.41) is 2.89. The van der Waals surface area contributed by atoms with Gasteiger partial charge in [0, 0.05) is 23.5 Å². The number of unbranched alkanes of at least 4 members (excludes halogenated alkanes) is 1. The van der Waals surface area contributed by atoms with Crippen LogP contribution in [0.25, 0.3) is 0 Å². The zero-order chi connectivity index (χ0) is 17.4. The fourth-order valence-corrected chi connectivity index (χ4v) is 2.04. The lowest BCUT2D eigenvalue weighted by atomic mass is 10.1. The van der Waals surface area contributed by atoms with Gasteiger partial charge in [0.1, 0.15) is 11.6 Å². The van der Waals surface area contributed by atoms with Gasteiger partial charge in [-0.15, -0.1) is 0 Å². The van der Waals surface area contributed by atoms with Crippen LogP contribution in [0.2, 0.25) is 0 Å². The molecule has 0 aliphatic carbocycles. The van der Waals surface area contributed by atoms with Crippen molar-refractivity contribution >= 4 is 11.5 Å². The minimum atomic E-state index is -0.279. The number of benzene rings is 2. The molecule has 0 saturated carbocycles. The molecule has 0 saturated heterocycles. The average molecular weight is 327 g/mol. The topological polar surface area (TPSA) is 38.3 Å². The number of hydrogen-bond acceptors (Lipinski definition) is 3. The second kappa shape index (κ2) is 8.87. The molecule has 2 aromatic carbocycles. The summed E-state index contributed by atoms with van der Waals surface area (Å²) in [4.78, 5) is 12.1. The highest BCUT2D eigenvalue weighted by Gasteiger charge is 2.02. The van der Waals surface area contributed by atoms with Crippen molar-refractivity contribution < 1.29 is 13.9 Å². The quantitative estimate of drug-likeness (QED) is 0.415. The zero-order valence-electron chi connectivity index (χ0n) is 14.0. The lowest BCUT2D eigenvalue weighted by molar-refractivity contribution is 0.104. The zero-order valence-corrected chi connectivity index (χ0v) is 14.0. The molecule has 0 heterocycles. The largest absolute Gasteiger partial charge is 0.494 e. The second-order valence-electron chi connectivity index (χ2n) is 5.53. The lowest BCUT2D eigenvalue weighted by Gasteiger charge is -2.05. The molecule has 0 fully saturated rings. The monoisotopic (exact) mass is 327 g/mol. The van der Waals surface area contributed by atoms with Crippen molar-refractivity contribution in [1.29, 1.82) is 0 Å². The van der Waals surface area contributed by atoms with E-state index in [9.17, 15) is 9.18 Å². The highest BCUT2D eigenvalue weighted by molar-refractivity contribution is 6.04. The number of nitrogens with one attached hydrogen (secondary N) is 1. The van der Waals surface area contributed by atoms with E-state index in [0.717, 1.165) is 18.6 Å². The maximum atomic E-state index is 13.4. The summed E-state index contributed by atoms with van der Waals surface area (Å²) in [6.45, 7) is 4.49. The molecule has 126 valence electrons. The van der Waals surface area contributed by atoms with Gasteiger partial charge in [-0.2, -0.15) is 0 Å². The second-order valence-corrected chi connectivity index (χ2v) is 5.53. The van der Waals surface area contributed by atoms with Crippen LogP contribution in [0.1, 0.15) is 35.7 Å². The number of anilines is 1. The lowest BCUT2D eigenvalue weighted by Crippen LogP contribution is -1.99. The van der Waals surface area contributed by atoms with Crippen LogP contribution < -0.4 is 10.1 Å². The fourth-order valence-electron chi connectivity index (χ4n) is 2.04. The van der Waals surface area contributed by atoms with Crippen LogP contribution in [0.4, 0.5) is 10.1 Å². The first-order chi connectivity index (χ1) is 11.6. The van der Waals surface area contributed by atoms with Gasteiger partial charge in [-0.1, -0.05) is 19.4 Å². The van der Waals surface area contributed by atoms with E-state index < -0.39 is 0 Å². The Balaban J connectivity index is 1.90. The number of carbonyl (C=O) groups excluding carboxylic acids is 1. The van der Waals surface area contributed by atoms with E-state index in [-0.39, 0.29) is 11.6 Å². The van der Waals surface area contributed by atoms with Crippen LogP contribution in [0.3, 0.4) is 0 Å². The number of halogens is 1. The molecule has 2 aromatic rings. The van der Waals surface area contributed by atoms with Crippen molar-refractivity contribution in [2.24, 2.45) is 0 Å². The number of allylic oxidation sites excluding steroid dienone is 1. The van der Waals surface area contributed by atoms with Crippen LogP contribution >= 0.6 is 0 Å². The third-order valence-electron chi connectivity index (χ3n) is 3.56. The van der Waals surface area contributed by atoms with Crippen molar-refractivity contribution in [2.45, 2.75) is 26.7 Å². The molecule has 2 rings (SSSR count). The summed E-state index contributed by atoms with van der Waals surface area (Å²) in [5.41, 5.74) is 1.76. The number of aryl methyl sites for hydroxylation is 1. The predicted octanol–water partition coefficient (Wildman–Crippen LogP) is 5.12. The van der Waals surface area contributed by atoms with Crippen molar-refractivity contribution in [3.63, 3.8) is 0 Å². The standard InChI is InChI=1S/C20H22FNO2/c1-3-4-13-24-18-9-6-16(7-10-18)20(23)11-12-22-17-8-5-15(2)19(21)14-17/h5-12,14,22H,3-4,13H2,1-2H3. The Kier molecular flexibility index (Phi) is 6.55. The van der Waals surface area contributed by atoms with Gasteiger partial charge in [0.15, 0.2) is 5.78 Å². The molecule has 0 bridgehead atoms. The van der Waals surface area contributed by atoms with Crippen molar-refractivity contribution in [2.75, 3.05) is 11.9 Å². The first-order valence-electron chi connectivity index (χ1n) is 8.06. The maximum absolute atomic E-state index is 13.4. The summed E-state index contributed by atoms with van der Waals surface area (Å²) in [6.07, 6.45) is 5.02. The highest BCUT2D eigenvalue weighted by atomic mass is 19.1. The van der Waals surface area contributed by atoms with E-state index in [0.29, 0.717) is 23.4 Å². The SMILES string of the molecule is CCCCOc1ccc(C(=O)C=CNc2ccc(C)c(F)c2)cc1. The Morgan fingerprint density at radius 3 is 2.62 bits per heavy atom. The van der Waals surface area contributed by atoms with E-state index in [4.69, 9.17) is 4.74 Å². The number of ketones is 1. The molecule has 0 spiro atoms. The van der Waals surface area contributed by atoms with Crippen molar-refractivity contribution in [3.05, 3.63) is 71.7 Å². The van der Waals surface area contributed by atoms with Gasteiger partial charge in [-0.3, -0.25) is 4.79 Å². The van der Waals surface area contributed by atoms with E-state index in [1.54, 1.807) is 43.3 Å². The van der Waals surface area contributed by atoms with Crippen molar-refractivity contribution in [1.82, 2.24) is 0 Å². The van der Waals surface area contributed by atoms with Crippen LogP contribution in [0, 0.1) is 12.7 Å². The van der Waals surface area contributed by atoms with E-state index >= 15 is 0 Å². The molecule has 0 aliphatic rings. The predicted molar refractivity (Wildman–Crippen MR) is 95.1 cm³/mol. The Morgan fingerprint density at radius 2 is 1.96 bits per heavy atom. The smallest absolute Gasteiger partial charge is 0.187 e. The van der Waals surface area contributed by atoms with E-state index in [1.165, 1.54) is 18.3 Å². The van der Waals surface area contributed by atoms with Crippen molar-refractivity contribution in [3.8, 4) is 5.75 Å². The number of rotatable bonds is 8. The molecule has 0 aromatic heterocycles. The van der Waals surface area contributed by atoms with Gasteiger partial charge in [0.2, 0.25) is 0 Å². The number of hydrogen-bond donors (Lipinski definition) is 1. The van der Waals surface area contributed by atoms with E-state index in [1.807, 2.05) is 0 Å². The summed E-state index contributed by atoms with van der Waals surface area (Å²) < 4.78 is 19.0. The van der Waals surface area contributed by atoms with E-state index in [2.05, 4.69) is 12.2 Å². The van der Waals surface area contributed by atoms with Gasteiger partial charge in [-0.25, -0.2) is 4.39 Å². The Morgan fingerprint density at radius 1 is 1.21 bits per heavy atom. The third kappa shape index (κ3) is 5.23. The average Bonchev–Trinajstić information content (AvgIpc) is 2.59. The number of ether oxygens (including phenoxy) is 1. The minimum absolute atomic E-state index is 0.129. The summed E-state index contributed by atoms with van der Waals surface area (Å²) in [7, 11) is 0. The normalized spacial score (nSPS) is 10.8. The third-order valence-corrected chi connectivity index (χ3v) is 3.56. The van der Waals surface area contributed by atoms with Crippen LogP contribution in [-0.2, 0) is 0 Å². The molecule has 0 unspecified atom stereocenters. The van der Waals surface area contributed by atoms with Gasteiger partial charge in [0.25, 0.3) is 0 Å². The highest BCUT2D eigenvalue weighted by Crippen LogP contribution is 2.15. The van der Waals surface area contributed by atoms with Gasteiger partial charge < -0.3 is 10.1 Å². The molecule has 4 heteroatoms. The molecule has 0 aliphatic heterocycles. The minimum Gasteiger partial charge on any atom is -0.494 e. The molecule has 1 N–H and O–H groups in total. The molecule has 0 amide bonds. The Labute approximate surface area is 142 Å². The Bertz CT molecular complexity index is 708. The number of carbonyl (C=O) groups is 1. The maximum Gasteiger partial charge on any atom is 0.187 e. The fraction of sp³-hybridized carbons (Fsp3) is 0.250. The first-order valence-corrected chi connectivity index (χ1v) is 8.06. The van der Waals surface area contributed by atoms with Crippen LogP contribution in [-0.4, -0.2) is 12.4 Å². The summed E-state index contributed by atoms with van der Waals surface area (Å²) in [5.74, 6) is 0.353. The first kappa shape index (κ1) is 17.7. The molecule has 24 heavy (non-hydrogen) atoms. The summed E-state index contributed by atoms with van der Waals surface area (Å²) >= 11 is 0. The Hall–Kier alpha value is -2.62. The van der Waals surface area contributed by atoms with Gasteiger partial charge in [0.05, 0.1) is 6.61 Å². The molecule has 0 atom stereocenters. The van der Waals surface area contributed by atoms with Gasteiger partial charge in [-0.05, 0) is 55.3 Å². The van der Waals surface area contributed by atoms with Crippen LogP contribution in [0.5, 0.6) is 5.75 Å². The van der Waals surface area contributed by atoms with Crippen LogP contribution in [0.15, 0.2) is 54.7 Å². The molecule has 3 nitrogen and oxygen atoms in total. The molecule has 0 radical (unpaired) electrons.